The van der Waals surface area contributed by atoms with Crippen LogP contribution >= 0.6 is 0 Å². The Kier molecular flexibility index (Phi) is 4.42. The Labute approximate surface area is 157 Å². The summed E-state index contributed by atoms with van der Waals surface area (Å²) in [5.74, 6) is 0.0428. The predicted octanol–water partition coefficient (Wildman–Crippen LogP) is 4.71. The third-order valence-electron chi connectivity index (χ3n) is 3.97. The summed E-state index contributed by atoms with van der Waals surface area (Å²) in [6.07, 6.45) is -1.22. The number of ether oxygens (including phenoxy) is 2. The zero-order valence-electron chi connectivity index (χ0n) is 14.6. The van der Waals surface area contributed by atoms with Crippen LogP contribution in [0.5, 0.6) is 11.6 Å². The molecular formula is C19H14F3N3O3. The molecule has 2 aromatic carbocycles. The molecule has 0 spiro atoms. The molecule has 0 unspecified atom stereocenters. The second-order valence-corrected chi connectivity index (χ2v) is 6.09. The highest BCUT2D eigenvalue weighted by molar-refractivity contribution is 5.87. The van der Waals surface area contributed by atoms with Crippen LogP contribution in [0, 0.1) is 0 Å². The highest BCUT2D eigenvalue weighted by atomic mass is 19.4. The molecule has 4 rings (SSSR count). The van der Waals surface area contributed by atoms with Crippen LogP contribution in [0.3, 0.4) is 0 Å². The Balaban J connectivity index is 1.56. The number of rotatable bonds is 5. The van der Waals surface area contributed by atoms with Crippen LogP contribution in [0.15, 0.2) is 59.5 Å². The smallest absolute Gasteiger partial charge is 0.468 e. The summed E-state index contributed by atoms with van der Waals surface area (Å²) in [7, 11) is 1.86. The lowest BCUT2D eigenvalue weighted by Crippen LogP contribution is -2.16. The lowest BCUT2D eigenvalue weighted by Gasteiger charge is -2.09. The van der Waals surface area contributed by atoms with Gasteiger partial charge in [0.2, 0.25) is 0 Å². The van der Waals surface area contributed by atoms with E-state index in [1.807, 2.05) is 17.8 Å². The Morgan fingerprint density at radius 1 is 1.07 bits per heavy atom. The standard InChI is InChI=1S/C19H14F3N3O3/c1-25-9-14(23-11-25)10-26-18-16-8-13(4-7-17(16)28-24-18)12-2-5-15(6-3-12)27-19(20,21)22/h2-9,11H,10H2,1H3. The number of aryl methyl sites for hydroxylation is 1. The fourth-order valence-electron chi connectivity index (χ4n) is 2.73. The molecule has 6 nitrogen and oxygen atoms in total. The van der Waals surface area contributed by atoms with Crippen LogP contribution in [0.25, 0.3) is 22.1 Å². The minimum absolute atomic E-state index is 0.232. The van der Waals surface area contributed by atoms with E-state index in [1.54, 1.807) is 36.7 Å². The average Bonchev–Trinajstić information content (AvgIpc) is 3.24. The van der Waals surface area contributed by atoms with E-state index in [0.717, 1.165) is 11.3 Å². The molecule has 0 aliphatic carbocycles. The second-order valence-electron chi connectivity index (χ2n) is 6.09. The number of halogens is 3. The number of hydrogen-bond acceptors (Lipinski definition) is 5. The van der Waals surface area contributed by atoms with Crippen molar-refractivity contribution in [3.05, 3.63) is 60.7 Å². The lowest BCUT2D eigenvalue weighted by atomic mass is 10.0. The summed E-state index contributed by atoms with van der Waals surface area (Å²) < 4.78 is 53.5. The van der Waals surface area contributed by atoms with Gasteiger partial charge in [0.15, 0.2) is 5.58 Å². The van der Waals surface area contributed by atoms with Gasteiger partial charge in [-0.2, -0.15) is 0 Å². The topological polar surface area (TPSA) is 62.3 Å². The molecule has 0 amide bonds. The van der Waals surface area contributed by atoms with E-state index in [4.69, 9.17) is 9.26 Å². The molecule has 0 radical (unpaired) electrons. The van der Waals surface area contributed by atoms with Crippen LogP contribution in [-0.2, 0) is 13.7 Å². The molecule has 0 N–H and O–H groups in total. The zero-order chi connectivity index (χ0) is 19.7. The van der Waals surface area contributed by atoms with Crippen LogP contribution in [0.2, 0.25) is 0 Å². The number of hydrogen-bond donors (Lipinski definition) is 0. The molecule has 0 saturated carbocycles. The normalized spacial score (nSPS) is 11.7. The first-order chi connectivity index (χ1) is 13.4. The minimum Gasteiger partial charge on any atom is -0.468 e. The maximum Gasteiger partial charge on any atom is 0.573 e. The average molecular weight is 389 g/mol. The molecule has 4 aromatic rings. The van der Waals surface area contributed by atoms with E-state index in [9.17, 15) is 13.2 Å². The summed E-state index contributed by atoms with van der Waals surface area (Å²) in [4.78, 5) is 4.18. The van der Waals surface area contributed by atoms with Crippen molar-refractivity contribution >= 4 is 11.0 Å². The molecule has 0 atom stereocenters. The maximum atomic E-state index is 12.3. The minimum atomic E-state index is -4.72. The van der Waals surface area contributed by atoms with Crippen LogP contribution in [0.4, 0.5) is 13.2 Å². The predicted molar refractivity (Wildman–Crippen MR) is 93.7 cm³/mol. The molecule has 0 aliphatic heterocycles. The molecule has 0 bridgehead atoms. The van der Waals surface area contributed by atoms with Crippen molar-refractivity contribution in [3.63, 3.8) is 0 Å². The van der Waals surface area contributed by atoms with Crippen LogP contribution in [0.1, 0.15) is 5.69 Å². The molecule has 9 heteroatoms. The van der Waals surface area contributed by atoms with Crippen molar-refractivity contribution in [1.82, 2.24) is 14.7 Å². The Morgan fingerprint density at radius 3 is 2.50 bits per heavy atom. The highest BCUT2D eigenvalue weighted by Crippen LogP contribution is 2.32. The van der Waals surface area contributed by atoms with Crippen molar-refractivity contribution in [1.29, 1.82) is 0 Å². The van der Waals surface area contributed by atoms with Crippen molar-refractivity contribution in [2.75, 3.05) is 0 Å². The molecule has 2 heterocycles. The Morgan fingerprint density at radius 2 is 1.82 bits per heavy atom. The van der Waals surface area contributed by atoms with Crippen molar-refractivity contribution < 1.29 is 27.2 Å². The summed E-state index contributed by atoms with van der Waals surface area (Å²) in [5.41, 5.74) is 2.78. The van der Waals surface area contributed by atoms with Gasteiger partial charge in [-0.05, 0) is 40.5 Å². The summed E-state index contributed by atoms with van der Waals surface area (Å²) in [5, 5.41) is 4.59. The first-order valence-electron chi connectivity index (χ1n) is 8.23. The van der Waals surface area contributed by atoms with Crippen molar-refractivity contribution in [3.8, 4) is 22.8 Å². The van der Waals surface area contributed by atoms with E-state index in [1.165, 1.54) is 12.1 Å². The largest absolute Gasteiger partial charge is 0.573 e. The van der Waals surface area contributed by atoms with E-state index < -0.39 is 6.36 Å². The Bertz CT molecular complexity index is 1100. The van der Waals surface area contributed by atoms with E-state index in [2.05, 4.69) is 14.9 Å². The quantitative estimate of drug-likeness (QED) is 0.495. The van der Waals surface area contributed by atoms with Crippen molar-refractivity contribution in [2.45, 2.75) is 13.0 Å². The number of benzene rings is 2. The molecule has 2 aromatic heterocycles. The first kappa shape index (κ1) is 17.9. The van der Waals surface area contributed by atoms with Crippen LogP contribution < -0.4 is 9.47 Å². The van der Waals surface area contributed by atoms with Gasteiger partial charge < -0.3 is 18.6 Å². The second kappa shape index (κ2) is 6.91. The van der Waals surface area contributed by atoms with Crippen LogP contribution in [-0.4, -0.2) is 21.1 Å². The van der Waals surface area contributed by atoms with Gasteiger partial charge in [-0.25, -0.2) is 4.98 Å². The van der Waals surface area contributed by atoms with Gasteiger partial charge in [-0.15, -0.1) is 13.2 Å². The van der Waals surface area contributed by atoms with E-state index in [0.29, 0.717) is 22.4 Å². The van der Waals surface area contributed by atoms with Gasteiger partial charge in [0.1, 0.15) is 12.4 Å². The molecule has 0 aliphatic rings. The maximum absolute atomic E-state index is 12.3. The summed E-state index contributed by atoms with van der Waals surface area (Å²) in [6.45, 7) is 0.232. The fraction of sp³-hybridized carbons (Fsp3) is 0.158. The summed E-state index contributed by atoms with van der Waals surface area (Å²) in [6, 6.07) is 10.9. The SMILES string of the molecule is Cn1cnc(COc2noc3ccc(-c4ccc(OC(F)(F)F)cc4)cc23)c1. The highest BCUT2D eigenvalue weighted by Gasteiger charge is 2.30. The number of alkyl halides is 3. The Hall–Kier alpha value is -3.49. The molecular weight excluding hydrogens is 375 g/mol. The van der Waals surface area contributed by atoms with Gasteiger partial charge in [0.05, 0.1) is 17.4 Å². The molecule has 0 fully saturated rings. The van der Waals surface area contributed by atoms with E-state index in [-0.39, 0.29) is 12.4 Å². The molecule has 28 heavy (non-hydrogen) atoms. The van der Waals surface area contributed by atoms with Gasteiger partial charge in [-0.1, -0.05) is 18.2 Å². The number of aromatic nitrogens is 3. The van der Waals surface area contributed by atoms with Gasteiger partial charge in [-0.3, -0.25) is 0 Å². The van der Waals surface area contributed by atoms with Gasteiger partial charge in [0.25, 0.3) is 5.88 Å². The zero-order valence-corrected chi connectivity index (χ0v) is 14.6. The van der Waals surface area contributed by atoms with Gasteiger partial charge in [0, 0.05) is 13.2 Å². The van der Waals surface area contributed by atoms with Crippen molar-refractivity contribution in [2.24, 2.45) is 7.05 Å². The van der Waals surface area contributed by atoms with E-state index >= 15 is 0 Å². The first-order valence-corrected chi connectivity index (χ1v) is 8.23. The number of nitrogens with zero attached hydrogens (tertiary/aromatic N) is 3. The number of fused-ring (bicyclic) bond motifs is 1. The third kappa shape index (κ3) is 3.93. The lowest BCUT2D eigenvalue weighted by molar-refractivity contribution is -0.274. The molecule has 144 valence electrons. The number of imidazole rings is 1. The van der Waals surface area contributed by atoms with Gasteiger partial charge >= 0.3 is 6.36 Å². The fourth-order valence-corrected chi connectivity index (χ4v) is 2.73. The third-order valence-corrected chi connectivity index (χ3v) is 3.97. The monoisotopic (exact) mass is 389 g/mol. The summed E-state index contributed by atoms with van der Waals surface area (Å²) >= 11 is 0. The molecule has 0 saturated heterocycles.